The molecular formula is C26H25N5O2S. The number of nitrogens with zero attached hydrogens (tertiary/aromatic N) is 5. The molecule has 8 heteroatoms. The lowest BCUT2D eigenvalue weighted by atomic mass is 10.0. The number of rotatable bonds is 3. The van der Waals surface area contributed by atoms with Crippen LogP contribution in [0.3, 0.4) is 0 Å². The smallest absolute Gasteiger partial charge is 0.265 e. The molecule has 172 valence electrons. The van der Waals surface area contributed by atoms with Crippen molar-refractivity contribution < 1.29 is 4.79 Å². The van der Waals surface area contributed by atoms with Gasteiger partial charge in [-0.1, -0.05) is 47.7 Å². The molecule has 0 bridgehead atoms. The van der Waals surface area contributed by atoms with Crippen LogP contribution in [0.15, 0.2) is 58.6 Å². The molecule has 0 fully saturated rings. The summed E-state index contributed by atoms with van der Waals surface area (Å²) >= 11 is 1.53. The minimum Gasteiger partial charge on any atom is -0.312 e. The Balaban J connectivity index is 1.34. The van der Waals surface area contributed by atoms with Gasteiger partial charge in [-0.25, -0.2) is 9.67 Å². The van der Waals surface area contributed by atoms with Crippen LogP contribution in [0.25, 0.3) is 16.7 Å². The molecule has 6 rings (SSSR count). The van der Waals surface area contributed by atoms with E-state index in [2.05, 4.69) is 24.2 Å². The standard InChI is InChI=1S/C26H25N5O2S/c1-16-9-10-21(17(2)12-16)31-24-20(14-27-31)25(33)30-19(15-34-26(30)28-24)13-23(32)29-11-5-7-18-6-3-4-8-22(18)29/h3-4,6,8-10,12,14,19H,5,7,11,13,15H2,1-2H3. The maximum absolute atomic E-state index is 13.5. The second-order valence-corrected chi connectivity index (χ2v) is 10.1. The second kappa shape index (κ2) is 8.13. The number of amides is 1. The number of carbonyl (C=O) groups excluding carboxylic acids is 1. The predicted octanol–water partition coefficient (Wildman–Crippen LogP) is 4.22. The molecule has 0 aliphatic carbocycles. The molecular weight excluding hydrogens is 446 g/mol. The maximum atomic E-state index is 13.5. The van der Waals surface area contributed by atoms with Gasteiger partial charge in [0.05, 0.1) is 17.9 Å². The maximum Gasteiger partial charge on any atom is 0.265 e. The van der Waals surface area contributed by atoms with Gasteiger partial charge in [0.1, 0.15) is 5.39 Å². The number of benzene rings is 2. The third-order valence-electron chi connectivity index (χ3n) is 6.77. The lowest BCUT2D eigenvalue weighted by molar-refractivity contribution is -0.119. The molecule has 0 N–H and O–H groups in total. The third-order valence-corrected chi connectivity index (χ3v) is 7.87. The molecule has 0 radical (unpaired) electrons. The average Bonchev–Trinajstić information content (AvgIpc) is 3.44. The summed E-state index contributed by atoms with van der Waals surface area (Å²) in [5.74, 6) is 0.719. The fraction of sp³-hybridized carbons (Fsp3) is 0.308. The summed E-state index contributed by atoms with van der Waals surface area (Å²) in [5.41, 5.74) is 5.81. The van der Waals surface area contributed by atoms with Crippen LogP contribution in [0.5, 0.6) is 0 Å². The summed E-state index contributed by atoms with van der Waals surface area (Å²) < 4.78 is 3.45. The van der Waals surface area contributed by atoms with Gasteiger partial charge < -0.3 is 4.90 Å². The molecule has 1 unspecified atom stereocenters. The predicted molar refractivity (Wildman–Crippen MR) is 134 cm³/mol. The van der Waals surface area contributed by atoms with Gasteiger partial charge in [0.25, 0.3) is 5.56 Å². The Kier molecular flexibility index (Phi) is 5.06. The Bertz CT molecular complexity index is 1510. The monoisotopic (exact) mass is 471 g/mol. The van der Waals surface area contributed by atoms with E-state index >= 15 is 0 Å². The highest BCUT2D eigenvalue weighted by Gasteiger charge is 2.32. The molecule has 4 heterocycles. The van der Waals surface area contributed by atoms with Crippen molar-refractivity contribution in [3.8, 4) is 5.69 Å². The molecule has 4 aromatic rings. The number of para-hydroxylation sites is 1. The largest absolute Gasteiger partial charge is 0.312 e. The van der Waals surface area contributed by atoms with Crippen LogP contribution < -0.4 is 10.5 Å². The topological polar surface area (TPSA) is 73.0 Å². The van der Waals surface area contributed by atoms with E-state index in [4.69, 9.17) is 4.98 Å². The van der Waals surface area contributed by atoms with Crippen LogP contribution in [-0.4, -0.2) is 37.5 Å². The Morgan fingerprint density at radius 2 is 2.00 bits per heavy atom. The zero-order valence-corrected chi connectivity index (χ0v) is 20.0. The van der Waals surface area contributed by atoms with Gasteiger partial charge in [0.15, 0.2) is 10.8 Å². The fourth-order valence-corrected chi connectivity index (χ4v) is 6.24. The van der Waals surface area contributed by atoms with E-state index in [-0.39, 0.29) is 23.9 Å². The quantitative estimate of drug-likeness (QED) is 0.419. The van der Waals surface area contributed by atoms with E-state index < -0.39 is 0 Å². The van der Waals surface area contributed by atoms with Crippen molar-refractivity contribution in [2.45, 2.75) is 44.3 Å². The fourth-order valence-electron chi connectivity index (χ4n) is 5.10. The molecule has 1 atom stereocenters. The number of fused-ring (bicyclic) bond motifs is 3. The molecule has 2 aliphatic heterocycles. The second-order valence-electron chi connectivity index (χ2n) is 9.10. The lowest BCUT2D eigenvalue weighted by Gasteiger charge is -2.30. The van der Waals surface area contributed by atoms with Gasteiger partial charge in [-0.15, -0.1) is 0 Å². The Hall–Kier alpha value is -3.39. The van der Waals surface area contributed by atoms with Crippen LogP contribution in [-0.2, 0) is 11.2 Å². The first-order valence-electron chi connectivity index (χ1n) is 11.6. The van der Waals surface area contributed by atoms with Crippen molar-refractivity contribution in [1.29, 1.82) is 0 Å². The van der Waals surface area contributed by atoms with Gasteiger partial charge in [-0.05, 0) is 49.9 Å². The molecule has 2 aliphatic rings. The first-order valence-corrected chi connectivity index (χ1v) is 12.6. The van der Waals surface area contributed by atoms with Gasteiger partial charge in [0, 0.05) is 24.4 Å². The summed E-state index contributed by atoms with van der Waals surface area (Å²) in [6.07, 6.45) is 3.83. The van der Waals surface area contributed by atoms with Crippen LogP contribution in [0.1, 0.15) is 35.6 Å². The molecule has 2 aromatic carbocycles. The van der Waals surface area contributed by atoms with Crippen LogP contribution >= 0.6 is 11.8 Å². The number of aromatic nitrogens is 4. The van der Waals surface area contributed by atoms with Crippen molar-refractivity contribution in [2.24, 2.45) is 0 Å². The van der Waals surface area contributed by atoms with Crippen molar-refractivity contribution in [2.75, 3.05) is 17.2 Å². The molecule has 1 amide bonds. The van der Waals surface area contributed by atoms with Gasteiger partial charge >= 0.3 is 0 Å². The highest BCUT2D eigenvalue weighted by Crippen LogP contribution is 2.35. The van der Waals surface area contributed by atoms with Crippen molar-refractivity contribution in [3.63, 3.8) is 0 Å². The Morgan fingerprint density at radius 3 is 2.85 bits per heavy atom. The minimum absolute atomic E-state index is 0.0589. The van der Waals surface area contributed by atoms with E-state index in [1.807, 2.05) is 42.2 Å². The number of anilines is 1. The number of hydrogen-bond acceptors (Lipinski definition) is 5. The van der Waals surface area contributed by atoms with E-state index in [0.29, 0.717) is 21.9 Å². The molecule has 7 nitrogen and oxygen atoms in total. The highest BCUT2D eigenvalue weighted by atomic mass is 32.2. The van der Waals surface area contributed by atoms with Gasteiger partial charge in [-0.2, -0.15) is 5.10 Å². The van der Waals surface area contributed by atoms with Crippen LogP contribution in [0, 0.1) is 13.8 Å². The zero-order valence-electron chi connectivity index (χ0n) is 19.2. The first kappa shape index (κ1) is 21.2. The third kappa shape index (κ3) is 3.36. The normalized spacial score (nSPS) is 17.1. The van der Waals surface area contributed by atoms with E-state index in [9.17, 15) is 9.59 Å². The number of carbonyl (C=O) groups is 1. The minimum atomic E-state index is -0.213. The SMILES string of the molecule is Cc1ccc(-n2ncc3c(=O)n4c(nc32)SCC4CC(=O)N2CCCc3ccccc32)c(C)c1. The zero-order chi connectivity index (χ0) is 23.4. The summed E-state index contributed by atoms with van der Waals surface area (Å²) in [7, 11) is 0. The number of thioether (sulfide) groups is 1. The molecule has 0 saturated heterocycles. The summed E-state index contributed by atoms with van der Waals surface area (Å²) in [6.45, 7) is 4.80. The van der Waals surface area contributed by atoms with Crippen molar-refractivity contribution >= 4 is 34.4 Å². The Morgan fingerprint density at radius 1 is 1.15 bits per heavy atom. The van der Waals surface area contributed by atoms with Crippen molar-refractivity contribution in [3.05, 3.63) is 75.7 Å². The molecule has 0 saturated carbocycles. The lowest BCUT2D eigenvalue weighted by Crippen LogP contribution is -2.37. The summed E-state index contributed by atoms with van der Waals surface area (Å²) in [6, 6.07) is 14.0. The first-order chi connectivity index (χ1) is 16.5. The average molecular weight is 472 g/mol. The Labute approximate surface area is 201 Å². The molecule has 34 heavy (non-hydrogen) atoms. The highest BCUT2D eigenvalue weighted by molar-refractivity contribution is 7.99. The van der Waals surface area contributed by atoms with E-state index in [1.54, 1.807) is 15.4 Å². The van der Waals surface area contributed by atoms with E-state index in [1.165, 1.54) is 22.9 Å². The summed E-state index contributed by atoms with van der Waals surface area (Å²) in [5, 5.41) is 5.63. The van der Waals surface area contributed by atoms with Crippen molar-refractivity contribution in [1.82, 2.24) is 19.3 Å². The number of aryl methyl sites for hydroxylation is 3. The number of hydrogen-bond donors (Lipinski definition) is 0. The summed E-state index contributed by atoms with van der Waals surface area (Å²) in [4.78, 5) is 33.5. The van der Waals surface area contributed by atoms with Gasteiger partial charge in [-0.3, -0.25) is 14.2 Å². The van der Waals surface area contributed by atoms with Crippen LogP contribution in [0.4, 0.5) is 5.69 Å². The van der Waals surface area contributed by atoms with Gasteiger partial charge in [0.2, 0.25) is 5.91 Å². The van der Waals surface area contributed by atoms with E-state index in [0.717, 1.165) is 36.3 Å². The molecule has 2 aromatic heterocycles. The van der Waals surface area contributed by atoms with Crippen LogP contribution in [0.2, 0.25) is 0 Å². The molecule has 0 spiro atoms.